The molecule has 0 aromatic heterocycles. The maximum Gasteiger partial charge on any atom is 0.0805 e. The number of rotatable bonds is 1. The van der Waals surface area contributed by atoms with Crippen LogP contribution in [0.3, 0.4) is 0 Å². The lowest BCUT2D eigenvalue weighted by molar-refractivity contribution is 0.181. The van der Waals surface area contributed by atoms with Crippen LogP contribution in [0.1, 0.15) is 79.2 Å². The normalized spacial score (nSPS) is 29.8. The summed E-state index contributed by atoms with van der Waals surface area (Å²) in [5, 5.41) is 0. The average Bonchev–Trinajstić information content (AvgIpc) is 3.02. The second-order valence-electron chi connectivity index (χ2n) is 12.9. The predicted molar refractivity (Wildman–Crippen MR) is 159 cm³/mol. The zero-order valence-electron chi connectivity index (χ0n) is 22.6. The third kappa shape index (κ3) is 3.22. The maximum absolute atomic E-state index is 4.33. The van der Waals surface area contributed by atoms with Crippen LogP contribution in [0, 0.1) is 35.5 Å². The van der Waals surface area contributed by atoms with Crippen molar-refractivity contribution in [1.29, 1.82) is 0 Å². The summed E-state index contributed by atoms with van der Waals surface area (Å²) in [7, 11) is 0. The van der Waals surface area contributed by atoms with Gasteiger partial charge in [-0.05, 0) is 147 Å². The lowest BCUT2D eigenvalue weighted by atomic mass is 9.52. The molecule has 3 aromatic rings. The molecule has 0 amide bonds. The van der Waals surface area contributed by atoms with Gasteiger partial charge in [0, 0.05) is 22.6 Å². The number of fused-ring (bicyclic) bond motifs is 6. The summed E-state index contributed by atoms with van der Waals surface area (Å²) < 4.78 is 0. The van der Waals surface area contributed by atoms with E-state index in [2.05, 4.69) is 90.7 Å². The highest BCUT2D eigenvalue weighted by atomic mass is 14.5. The first-order valence-electron chi connectivity index (χ1n) is 15.4. The van der Waals surface area contributed by atoms with Crippen molar-refractivity contribution < 1.29 is 0 Å². The Hall–Kier alpha value is -3.47. The fraction of sp³-hybridized carbons (Fsp3) is 0.333. The third-order valence-electron chi connectivity index (χ3n) is 11.1. The van der Waals surface area contributed by atoms with Crippen molar-refractivity contribution in [1.82, 2.24) is 0 Å². The number of benzene rings is 3. The average molecular weight is 504 g/mol. The van der Waals surface area contributed by atoms with Crippen LogP contribution in [-0.2, 0) is 0 Å². The van der Waals surface area contributed by atoms with Gasteiger partial charge in [0.2, 0.25) is 0 Å². The lowest BCUT2D eigenvalue weighted by Crippen LogP contribution is -2.40. The zero-order valence-corrected chi connectivity index (χ0v) is 22.6. The van der Waals surface area contributed by atoms with Crippen molar-refractivity contribution in [3.05, 3.63) is 147 Å². The van der Waals surface area contributed by atoms with Crippen LogP contribution in [0.15, 0.2) is 113 Å². The number of hydrogen-bond donors (Lipinski definition) is 0. The Balaban J connectivity index is 1.35. The highest BCUT2D eigenvalue weighted by Crippen LogP contribution is 2.60. The zero-order chi connectivity index (χ0) is 25.5. The Kier molecular flexibility index (Phi) is 4.88. The Morgan fingerprint density at radius 1 is 0.590 bits per heavy atom. The van der Waals surface area contributed by atoms with E-state index in [9.17, 15) is 0 Å². The third-order valence-corrected chi connectivity index (χ3v) is 11.1. The van der Waals surface area contributed by atoms with Crippen LogP contribution in [0.25, 0.3) is 5.57 Å². The highest BCUT2D eigenvalue weighted by Gasteiger charge is 2.48. The van der Waals surface area contributed by atoms with Crippen LogP contribution in [-0.4, -0.2) is 0 Å². The quantitative estimate of drug-likeness (QED) is 0.179. The van der Waals surface area contributed by atoms with E-state index in [0.29, 0.717) is 5.92 Å². The van der Waals surface area contributed by atoms with Gasteiger partial charge in [-0.2, -0.15) is 0 Å². The van der Waals surface area contributed by atoms with E-state index in [-0.39, 0.29) is 0 Å². The molecule has 4 bridgehead atoms. The second kappa shape index (κ2) is 8.51. The van der Waals surface area contributed by atoms with Crippen molar-refractivity contribution in [3.8, 4) is 0 Å². The van der Waals surface area contributed by atoms with Gasteiger partial charge in [-0.1, -0.05) is 35.6 Å². The van der Waals surface area contributed by atoms with E-state index in [0.717, 1.165) is 23.7 Å². The SMILES string of the molecule is C(=C1c2ccccc2[C+](c2ccccc2)c2ccccc21)=C1C2=C(C=C3C4CCC(CC4)C13)C1CCC2CC1. The van der Waals surface area contributed by atoms with Gasteiger partial charge < -0.3 is 0 Å². The van der Waals surface area contributed by atoms with E-state index in [4.69, 9.17) is 0 Å². The Labute approximate surface area is 232 Å². The van der Waals surface area contributed by atoms with Crippen LogP contribution in [0.2, 0.25) is 0 Å². The van der Waals surface area contributed by atoms with Crippen LogP contribution in [0.5, 0.6) is 0 Å². The highest BCUT2D eigenvalue weighted by molar-refractivity contribution is 5.91. The smallest absolute Gasteiger partial charge is 0.0805 e. The minimum absolute atomic E-state index is 0.599. The van der Waals surface area contributed by atoms with E-state index < -0.39 is 0 Å². The van der Waals surface area contributed by atoms with E-state index in [1.165, 1.54) is 90.7 Å². The first kappa shape index (κ1) is 22.4. The van der Waals surface area contributed by atoms with Gasteiger partial charge in [0.15, 0.2) is 0 Å². The molecule has 0 nitrogen and oxygen atoms in total. The molecule has 0 N–H and O–H groups in total. The minimum Gasteiger partial charge on any atom is -0.0949 e. The molecule has 4 fully saturated rings. The molecule has 1 atom stereocenters. The standard InChI is InChI=1S/C39H35/c1-2-8-26(9-3-1)37-31-12-6-4-10-29(31)35(30-11-5-7-13-32(30)37)23-36-38-27-18-14-24(15-19-27)33(38)22-34-25-16-20-28(21-17-25)39(34)36/h1-13,22,24-25,27-28,38H,14-21H2/q+1. The van der Waals surface area contributed by atoms with E-state index in [1.807, 2.05) is 0 Å². The summed E-state index contributed by atoms with van der Waals surface area (Å²) in [6, 6.07) is 29.2. The van der Waals surface area contributed by atoms with Crippen LogP contribution in [0.4, 0.5) is 0 Å². The van der Waals surface area contributed by atoms with Crippen molar-refractivity contribution >= 4 is 5.57 Å². The van der Waals surface area contributed by atoms with Crippen molar-refractivity contribution in [3.63, 3.8) is 0 Å². The number of hydrogen-bond acceptors (Lipinski definition) is 0. The molecule has 3 aromatic carbocycles. The first-order chi connectivity index (χ1) is 19.3. The number of allylic oxidation sites excluding steroid dienone is 5. The van der Waals surface area contributed by atoms with Crippen molar-refractivity contribution in [2.24, 2.45) is 29.6 Å². The summed E-state index contributed by atoms with van der Waals surface area (Å²) in [5.74, 6) is 5.09. The topological polar surface area (TPSA) is 0 Å². The van der Waals surface area contributed by atoms with E-state index in [1.54, 1.807) is 22.3 Å². The van der Waals surface area contributed by atoms with Gasteiger partial charge >= 0.3 is 0 Å². The molecule has 0 heterocycles. The van der Waals surface area contributed by atoms with Crippen molar-refractivity contribution in [2.45, 2.75) is 51.4 Å². The summed E-state index contributed by atoms with van der Waals surface area (Å²) in [5.41, 5.74) is 19.2. The van der Waals surface area contributed by atoms with Gasteiger partial charge in [0.25, 0.3) is 0 Å². The Morgan fingerprint density at radius 3 is 1.87 bits per heavy atom. The molecule has 39 heavy (non-hydrogen) atoms. The van der Waals surface area contributed by atoms with Gasteiger partial charge in [-0.3, -0.25) is 0 Å². The summed E-state index contributed by atoms with van der Waals surface area (Å²) in [4.78, 5) is 0. The molecule has 1 unspecified atom stereocenters. The molecule has 8 aliphatic carbocycles. The molecule has 0 radical (unpaired) electrons. The molecule has 11 rings (SSSR count). The molecular formula is C39H35+. The molecule has 4 saturated carbocycles. The van der Waals surface area contributed by atoms with Gasteiger partial charge in [0.05, 0.1) is 28.2 Å². The molecule has 0 spiro atoms. The fourth-order valence-electron chi connectivity index (χ4n) is 9.45. The Morgan fingerprint density at radius 2 is 1.18 bits per heavy atom. The minimum atomic E-state index is 0.599. The molecule has 0 saturated heterocycles. The Bertz CT molecular complexity index is 1560. The van der Waals surface area contributed by atoms with Crippen molar-refractivity contribution in [2.75, 3.05) is 0 Å². The van der Waals surface area contributed by atoms with Gasteiger partial charge in [-0.15, -0.1) is 0 Å². The fourth-order valence-corrected chi connectivity index (χ4v) is 9.45. The predicted octanol–water partition coefficient (Wildman–Crippen LogP) is 9.47. The largest absolute Gasteiger partial charge is 0.0949 e. The lowest BCUT2D eigenvalue weighted by Gasteiger charge is -2.51. The molecule has 0 aliphatic heterocycles. The van der Waals surface area contributed by atoms with Crippen LogP contribution >= 0.6 is 0 Å². The second-order valence-corrected chi connectivity index (χ2v) is 12.9. The van der Waals surface area contributed by atoms with Crippen LogP contribution < -0.4 is 0 Å². The summed E-state index contributed by atoms with van der Waals surface area (Å²) in [6.45, 7) is 0. The monoisotopic (exact) mass is 503 g/mol. The first-order valence-corrected chi connectivity index (χ1v) is 15.4. The van der Waals surface area contributed by atoms with Gasteiger partial charge in [0.1, 0.15) is 0 Å². The molecule has 0 heteroatoms. The maximum atomic E-state index is 4.33. The molecular weight excluding hydrogens is 468 g/mol. The summed E-state index contributed by atoms with van der Waals surface area (Å²) >= 11 is 0. The summed E-state index contributed by atoms with van der Waals surface area (Å²) in [6.07, 6.45) is 14.0. The van der Waals surface area contributed by atoms with E-state index >= 15 is 0 Å². The van der Waals surface area contributed by atoms with Gasteiger partial charge in [-0.25, -0.2) is 0 Å². The molecule has 8 aliphatic rings. The molecule has 190 valence electrons.